The van der Waals surface area contributed by atoms with Gasteiger partial charge < -0.3 is 15.4 Å². The molecule has 0 aliphatic carbocycles. The van der Waals surface area contributed by atoms with Crippen LogP contribution in [0, 0.1) is 10.1 Å². The van der Waals surface area contributed by atoms with Crippen molar-refractivity contribution in [2.45, 2.75) is 12.5 Å². The fourth-order valence-corrected chi connectivity index (χ4v) is 3.70. The van der Waals surface area contributed by atoms with Crippen molar-refractivity contribution in [2.75, 3.05) is 44.7 Å². The quantitative estimate of drug-likeness (QED) is 0.595. The number of nitro benzene ring substituents is 1. The molecule has 1 unspecified atom stereocenters. The van der Waals surface area contributed by atoms with Gasteiger partial charge in [0.25, 0.3) is 5.69 Å². The summed E-state index contributed by atoms with van der Waals surface area (Å²) in [6.07, 6.45) is 0.586. The van der Waals surface area contributed by atoms with Gasteiger partial charge in [0.05, 0.1) is 17.7 Å². The van der Waals surface area contributed by atoms with Crippen molar-refractivity contribution in [3.63, 3.8) is 0 Å². The van der Waals surface area contributed by atoms with E-state index in [9.17, 15) is 10.1 Å². The van der Waals surface area contributed by atoms with Gasteiger partial charge in [-0.15, -0.1) is 0 Å². The number of anilines is 1. The first-order chi connectivity index (χ1) is 13.1. The number of nitro groups is 1. The molecule has 0 amide bonds. The fraction of sp³-hybridized carbons (Fsp3) is 0.400. The van der Waals surface area contributed by atoms with Crippen molar-refractivity contribution in [3.05, 3.63) is 64.2 Å². The molecule has 1 aliphatic heterocycles. The maximum atomic E-state index is 11.3. The zero-order chi connectivity index (χ0) is 19.2. The topological polar surface area (TPSA) is 84.9 Å². The average molecular weight is 370 g/mol. The number of piperazine rings is 1. The number of benzene rings is 2. The molecule has 27 heavy (non-hydrogen) atoms. The second kappa shape index (κ2) is 8.83. The van der Waals surface area contributed by atoms with Crippen LogP contribution in [0.4, 0.5) is 11.4 Å². The molecule has 2 aromatic carbocycles. The van der Waals surface area contributed by atoms with E-state index in [1.165, 1.54) is 0 Å². The molecular formula is C20H26N4O3. The summed E-state index contributed by atoms with van der Waals surface area (Å²) in [5.41, 5.74) is 8.03. The minimum Gasteiger partial charge on any atom is -0.495 e. The summed E-state index contributed by atoms with van der Waals surface area (Å²) in [5.74, 6) is 0.876. The minimum absolute atomic E-state index is 0.0888. The Labute approximate surface area is 159 Å². The molecular weight excluding hydrogens is 344 g/mol. The van der Waals surface area contributed by atoms with E-state index in [1.807, 2.05) is 30.3 Å². The van der Waals surface area contributed by atoms with Gasteiger partial charge in [-0.05, 0) is 18.6 Å². The van der Waals surface area contributed by atoms with Gasteiger partial charge in [0.2, 0.25) is 0 Å². The Balaban J connectivity index is 1.66. The van der Waals surface area contributed by atoms with Gasteiger partial charge in [-0.1, -0.05) is 30.3 Å². The third kappa shape index (κ3) is 4.37. The van der Waals surface area contributed by atoms with Crippen LogP contribution >= 0.6 is 0 Å². The van der Waals surface area contributed by atoms with Crippen LogP contribution in [0.15, 0.2) is 48.5 Å². The fourth-order valence-electron chi connectivity index (χ4n) is 3.70. The first kappa shape index (κ1) is 19.1. The molecule has 0 spiro atoms. The maximum Gasteiger partial charge on any atom is 0.272 e. The van der Waals surface area contributed by atoms with Gasteiger partial charge in [0.1, 0.15) is 5.75 Å². The first-order valence-corrected chi connectivity index (χ1v) is 9.18. The van der Waals surface area contributed by atoms with Crippen LogP contribution < -0.4 is 15.4 Å². The van der Waals surface area contributed by atoms with Crippen molar-refractivity contribution >= 4 is 11.4 Å². The Morgan fingerprint density at radius 1 is 1.11 bits per heavy atom. The smallest absolute Gasteiger partial charge is 0.272 e. The van der Waals surface area contributed by atoms with Crippen LogP contribution in [-0.4, -0.2) is 55.7 Å². The van der Waals surface area contributed by atoms with Gasteiger partial charge in [-0.25, -0.2) is 0 Å². The number of para-hydroxylation sites is 3. The second-order valence-corrected chi connectivity index (χ2v) is 6.67. The number of hydrogen-bond acceptors (Lipinski definition) is 6. The molecule has 1 fully saturated rings. The predicted octanol–water partition coefficient (Wildman–Crippen LogP) is 2.30. The minimum atomic E-state index is -0.317. The molecule has 0 radical (unpaired) electrons. The molecule has 1 aliphatic rings. The summed E-state index contributed by atoms with van der Waals surface area (Å²) in [6, 6.07) is 15.0. The van der Waals surface area contributed by atoms with Crippen LogP contribution in [0.25, 0.3) is 0 Å². The van der Waals surface area contributed by atoms with E-state index >= 15 is 0 Å². The summed E-state index contributed by atoms with van der Waals surface area (Å²) in [5, 5.41) is 11.3. The molecule has 2 N–H and O–H groups in total. The molecule has 2 aromatic rings. The normalized spacial score (nSPS) is 16.1. The zero-order valence-corrected chi connectivity index (χ0v) is 15.6. The van der Waals surface area contributed by atoms with Crippen molar-refractivity contribution < 1.29 is 9.66 Å². The Morgan fingerprint density at radius 2 is 1.78 bits per heavy atom. The zero-order valence-electron chi connectivity index (χ0n) is 15.6. The number of nitrogens with zero attached hydrogens (tertiary/aromatic N) is 3. The highest BCUT2D eigenvalue weighted by Gasteiger charge is 2.26. The van der Waals surface area contributed by atoms with E-state index in [1.54, 1.807) is 19.2 Å². The van der Waals surface area contributed by atoms with E-state index in [2.05, 4.69) is 15.9 Å². The Morgan fingerprint density at radius 3 is 2.44 bits per heavy atom. The Hall–Kier alpha value is -2.64. The highest BCUT2D eigenvalue weighted by Crippen LogP contribution is 2.29. The van der Waals surface area contributed by atoms with Crippen molar-refractivity contribution in [3.8, 4) is 5.75 Å². The standard InChI is InChI=1S/C20H26N4O3/c1-27-20-9-5-4-8-19(20)23-12-10-22(11-13-23)17(15-21)14-16-6-2-3-7-18(16)24(25)26/h2-9,17H,10-15,21H2,1H3. The molecule has 7 nitrogen and oxygen atoms in total. The van der Waals surface area contributed by atoms with Gasteiger partial charge in [0.15, 0.2) is 0 Å². The number of ether oxygens (including phenoxy) is 1. The van der Waals surface area contributed by atoms with Crippen molar-refractivity contribution in [2.24, 2.45) is 5.73 Å². The molecule has 7 heteroatoms. The SMILES string of the molecule is COc1ccccc1N1CCN(C(CN)Cc2ccccc2[N+](=O)[O-])CC1. The summed E-state index contributed by atoms with van der Waals surface area (Å²) in [6.45, 7) is 3.93. The molecule has 1 heterocycles. The summed E-state index contributed by atoms with van der Waals surface area (Å²) in [7, 11) is 1.69. The van der Waals surface area contributed by atoms with E-state index in [0.29, 0.717) is 13.0 Å². The highest BCUT2D eigenvalue weighted by atomic mass is 16.6. The van der Waals surface area contributed by atoms with Gasteiger partial charge in [-0.2, -0.15) is 0 Å². The van der Waals surface area contributed by atoms with E-state index in [4.69, 9.17) is 10.5 Å². The van der Waals surface area contributed by atoms with Gasteiger partial charge in [-0.3, -0.25) is 15.0 Å². The molecule has 3 rings (SSSR count). The number of nitrogens with two attached hydrogens (primary N) is 1. The lowest BCUT2D eigenvalue weighted by molar-refractivity contribution is -0.385. The predicted molar refractivity (Wildman–Crippen MR) is 106 cm³/mol. The third-order valence-electron chi connectivity index (χ3n) is 5.17. The summed E-state index contributed by atoms with van der Waals surface area (Å²) in [4.78, 5) is 15.6. The Bertz CT molecular complexity index is 775. The van der Waals surface area contributed by atoms with Crippen LogP contribution in [-0.2, 0) is 6.42 Å². The van der Waals surface area contributed by atoms with Gasteiger partial charge in [0, 0.05) is 50.4 Å². The van der Waals surface area contributed by atoms with Crippen molar-refractivity contribution in [1.82, 2.24) is 4.90 Å². The van der Waals surface area contributed by atoms with Crippen LogP contribution in [0.5, 0.6) is 5.75 Å². The summed E-state index contributed by atoms with van der Waals surface area (Å²) >= 11 is 0. The lowest BCUT2D eigenvalue weighted by Gasteiger charge is -2.40. The monoisotopic (exact) mass is 370 g/mol. The third-order valence-corrected chi connectivity index (χ3v) is 5.17. The maximum absolute atomic E-state index is 11.3. The Kier molecular flexibility index (Phi) is 6.26. The highest BCUT2D eigenvalue weighted by molar-refractivity contribution is 5.58. The lowest BCUT2D eigenvalue weighted by atomic mass is 10.0. The molecule has 0 bridgehead atoms. The van der Waals surface area contributed by atoms with Crippen LogP contribution in [0.1, 0.15) is 5.56 Å². The molecule has 0 aromatic heterocycles. The van der Waals surface area contributed by atoms with E-state index in [0.717, 1.165) is 43.2 Å². The molecule has 144 valence electrons. The molecule has 1 atom stereocenters. The van der Waals surface area contributed by atoms with Gasteiger partial charge >= 0.3 is 0 Å². The lowest BCUT2D eigenvalue weighted by Crippen LogP contribution is -2.53. The van der Waals surface area contributed by atoms with Crippen LogP contribution in [0.2, 0.25) is 0 Å². The van der Waals surface area contributed by atoms with E-state index < -0.39 is 0 Å². The number of rotatable bonds is 7. The second-order valence-electron chi connectivity index (χ2n) is 6.67. The molecule has 0 saturated carbocycles. The summed E-state index contributed by atoms with van der Waals surface area (Å²) < 4.78 is 5.47. The van der Waals surface area contributed by atoms with Crippen LogP contribution in [0.3, 0.4) is 0 Å². The average Bonchev–Trinajstić information content (AvgIpc) is 2.72. The number of methoxy groups -OCH3 is 1. The van der Waals surface area contributed by atoms with E-state index in [-0.39, 0.29) is 16.7 Å². The largest absolute Gasteiger partial charge is 0.495 e. The number of hydrogen-bond donors (Lipinski definition) is 1. The molecule has 1 saturated heterocycles. The first-order valence-electron chi connectivity index (χ1n) is 9.18. The van der Waals surface area contributed by atoms with Crippen molar-refractivity contribution in [1.29, 1.82) is 0 Å².